The molecule has 0 aliphatic rings. The molecule has 0 amide bonds. The Labute approximate surface area is 136 Å². The van der Waals surface area contributed by atoms with Gasteiger partial charge in [-0.3, -0.25) is 4.79 Å². The average Bonchev–Trinajstić information content (AvgIpc) is 2.44. The smallest absolute Gasteiger partial charge is 0.322 e. The SMILES string of the molecule is CCCCCCCCCCCCCC(=O)OS(=O)(=O)CCN. The van der Waals surface area contributed by atoms with E-state index in [-0.39, 0.29) is 18.7 Å². The molecule has 0 spiro atoms. The minimum atomic E-state index is -3.77. The van der Waals surface area contributed by atoms with Crippen molar-refractivity contribution in [1.82, 2.24) is 0 Å². The lowest BCUT2D eigenvalue weighted by Crippen LogP contribution is -2.21. The fourth-order valence-corrected chi connectivity index (χ4v) is 3.04. The van der Waals surface area contributed by atoms with Gasteiger partial charge >= 0.3 is 16.1 Å². The van der Waals surface area contributed by atoms with Gasteiger partial charge in [0.15, 0.2) is 0 Å². The van der Waals surface area contributed by atoms with Crippen LogP contribution in [0.1, 0.15) is 84.0 Å². The van der Waals surface area contributed by atoms with Gasteiger partial charge in [0.25, 0.3) is 0 Å². The Kier molecular flexibility index (Phi) is 13.6. The van der Waals surface area contributed by atoms with Crippen LogP contribution in [0.15, 0.2) is 0 Å². The molecule has 0 rings (SSSR count). The Balaban J connectivity index is 3.37. The van der Waals surface area contributed by atoms with Crippen LogP contribution >= 0.6 is 0 Å². The highest BCUT2D eigenvalue weighted by Gasteiger charge is 2.15. The van der Waals surface area contributed by atoms with E-state index < -0.39 is 16.1 Å². The highest BCUT2D eigenvalue weighted by atomic mass is 32.2. The fraction of sp³-hybridized carbons (Fsp3) is 0.938. The number of hydrogen-bond donors (Lipinski definition) is 1. The van der Waals surface area contributed by atoms with Gasteiger partial charge in [0, 0.05) is 13.0 Å². The summed E-state index contributed by atoms with van der Waals surface area (Å²) in [6, 6.07) is 0. The summed E-state index contributed by atoms with van der Waals surface area (Å²) >= 11 is 0. The first-order chi connectivity index (χ1) is 10.5. The summed E-state index contributed by atoms with van der Waals surface area (Å²) in [5.74, 6) is -0.971. The van der Waals surface area contributed by atoms with Gasteiger partial charge in [-0.05, 0) is 6.42 Å². The normalized spacial score (nSPS) is 11.5. The first-order valence-electron chi connectivity index (χ1n) is 8.67. The van der Waals surface area contributed by atoms with E-state index in [4.69, 9.17) is 5.73 Å². The van der Waals surface area contributed by atoms with Crippen molar-refractivity contribution in [2.75, 3.05) is 12.3 Å². The Morgan fingerprint density at radius 2 is 1.32 bits per heavy atom. The molecular weight excluding hydrogens is 302 g/mol. The standard InChI is InChI=1S/C16H33NO4S/c1-2-3-4-5-6-7-8-9-10-11-12-13-16(18)21-22(19,20)15-14-17/h2-15,17H2,1H3. The van der Waals surface area contributed by atoms with Gasteiger partial charge in [-0.2, -0.15) is 8.42 Å². The summed E-state index contributed by atoms with van der Waals surface area (Å²) in [5, 5.41) is 0. The Hall–Kier alpha value is -0.620. The van der Waals surface area contributed by atoms with Crippen LogP contribution in [0, 0.1) is 0 Å². The monoisotopic (exact) mass is 335 g/mol. The number of rotatable bonds is 15. The number of hydrogen-bond acceptors (Lipinski definition) is 5. The van der Waals surface area contributed by atoms with Gasteiger partial charge in [-0.25, -0.2) is 0 Å². The zero-order valence-corrected chi connectivity index (χ0v) is 14.8. The van der Waals surface area contributed by atoms with E-state index in [1.165, 1.54) is 51.4 Å². The van der Waals surface area contributed by atoms with Crippen LogP contribution in [0.4, 0.5) is 0 Å². The van der Waals surface area contributed by atoms with E-state index in [0.29, 0.717) is 6.42 Å². The highest BCUT2D eigenvalue weighted by molar-refractivity contribution is 7.87. The summed E-state index contributed by atoms with van der Waals surface area (Å²) < 4.78 is 26.9. The molecule has 0 saturated carbocycles. The van der Waals surface area contributed by atoms with Gasteiger partial charge in [-0.15, -0.1) is 0 Å². The first kappa shape index (κ1) is 21.4. The van der Waals surface area contributed by atoms with E-state index in [2.05, 4.69) is 11.1 Å². The molecule has 0 aliphatic heterocycles. The minimum absolute atomic E-state index is 0.0337. The van der Waals surface area contributed by atoms with Gasteiger partial charge in [-0.1, -0.05) is 71.1 Å². The first-order valence-corrected chi connectivity index (χ1v) is 10.2. The molecule has 0 heterocycles. The predicted octanol–water partition coefficient (Wildman–Crippen LogP) is 3.52. The minimum Gasteiger partial charge on any atom is -0.346 e. The van der Waals surface area contributed by atoms with Gasteiger partial charge in [0.1, 0.15) is 0 Å². The number of carbonyl (C=O) groups excluding carboxylic acids is 1. The molecule has 0 bridgehead atoms. The van der Waals surface area contributed by atoms with E-state index >= 15 is 0 Å². The van der Waals surface area contributed by atoms with Crippen LogP contribution in [0.2, 0.25) is 0 Å². The Morgan fingerprint density at radius 3 is 1.77 bits per heavy atom. The van der Waals surface area contributed by atoms with Gasteiger partial charge < -0.3 is 9.92 Å². The number of nitrogens with two attached hydrogens (primary N) is 1. The van der Waals surface area contributed by atoms with Crippen molar-refractivity contribution in [2.24, 2.45) is 5.73 Å². The number of carbonyl (C=O) groups is 1. The maximum atomic E-state index is 11.4. The lowest BCUT2D eigenvalue weighted by atomic mass is 10.1. The van der Waals surface area contributed by atoms with Crippen LogP contribution in [-0.4, -0.2) is 26.7 Å². The predicted molar refractivity (Wildman–Crippen MR) is 90.0 cm³/mol. The topological polar surface area (TPSA) is 86.5 Å². The molecular formula is C16H33NO4S. The number of unbranched alkanes of at least 4 members (excludes halogenated alkanes) is 10. The fourth-order valence-electron chi connectivity index (χ4n) is 2.30. The van der Waals surface area contributed by atoms with Crippen molar-refractivity contribution in [1.29, 1.82) is 0 Å². The average molecular weight is 336 g/mol. The molecule has 0 aromatic heterocycles. The van der Waals surface area contributed by atoms with Crippen LogP contribution in [0.5, 0.6) is 0 Å². The van der Waals surface area contributed by atoms with Gasteiger partial charge in [0.2, 0.25) is 0 Å². The lowest BCUT2D eigenvalue weighted by Gasteiger charge is -2.04. The molecule has 2 N–H and O–H groups in total. The molecule has 22 heavy (non-hydrogen) atoms. The molecule has 0 aromatic rings. The summed E-state index contributed by atoms with van der Waals surface area (Å²) in [4.78, 5) is 11.4. The summed E-state index contributed by atoms with van der Waals surface area (Å²) in [5.41, 5.74) is 5.13. The Morgan fingerprint density at radius 1 is 0.864 bits per heavy atom. The second-order valence-corrected chi connectivity index (χ2v) is 7.48. The molecule has 0 unspecified atom stereocenters. The summed E-state index contributed by atoms with van der Waals surface area (Å²) in [6.45, 7) is 2.19. The van der Waals surface area contributed by atoms with E-state index in [0.717, 1.165) is 12.8 Å². The maximum absolute atomic E-state index is 11.4. The molecule has 6 heteroatoms. The molecule has 0 saturated heterocycles. The van der Waals surface area contributed by atoms with Crippen LogP contribution in [-0.2, 0) is 19.1 Å². The maximum Gasteiger partial charge on any atom is 0.322 e. The summed E-state index contributed by atoms with van der Waals surface area (Å²) in [7, 11) is -3.77. The lowest BCUT2D eigenvalue weighted by molar-refractivity contribution is -0.133. The molecule has 0 aromatic carbocycles. The second kappa shape index (κ2) is 14.0. The highest BCUT2D eigenvalue weighted by Crippen LogP contribution is 2.12. The van der Waals surface area contributed by atoms with Crippen LogP contribution in [0.3, 0.4) is 0 Å². The van der Waals surface area contributed by atoms with Crippen molar-refractivity contribution in [2.45, 2.75) is 84.0 Å². The van der Waals surface area contributed by atoms with Crippen LogP contribution in [0.25, 0.3) is 0 Å². The second-order valence-electron chi connectivity index (χ2n) is 5.79. The molecule has 132 valence electrons. The zero-order valence-electron chi connectivity index (χ0n) is 14.0. The molecule has 5 nitrogen and oxygen atoms in total. The molecule has 0 fully saturated rings. The third kappa shape index (κ3) is 14.3. The molecule has 0 aliphatic carbocycles. The van der Waals surface area contributed by atoms with Crippen molar-refractivity contribution >= 4 is 16.1 Å². The van der Waals surface area contributed by atoms with E-state index in [1.54, 1.807) is 0 Å². The van der Waals surface area contributed by atoms with E-state index in [9.17, 15) is 13.2 Å². The van der Waals surface area contributed by atoms with Crippen molar-refractivity contribution in [3.63, 3.8) is 0 Å². The molecule has 0 atom stereocenters. The van der Waals surface area contributed by atoms with Crippen molar-refractivity contribution in [3.8, 4) is 0 Å². The molecule has 0 radical (unpaired) electrons. The van der Waals surface area contributed by atoms with E-state index in [1.807, 2.05) is 0 Å². The third-order valence-corrected chi connectivity index (χ3v) is 4.75. The largest absolute Gasteiger partial charge is 0.346 e. The summed E-state index contributed by atoms with van der Waals surface area (Å²) in [6.07, 6.45) is 13.3. The van der Waals surface area contributed by atoms with Crippen molar-refractivity contribution < 1.29 is 17.4 Å². The van der Waals surface area contributed by atoms with Gasteiger partial charge in [0.05, 0.1) is 5.75 Å². The zero-order chi connectivity index (χ0) is 16.7. The quantitative estimate of drug-likeness (QED) is 0.365. The van der Waals surface area contributed by atoms with Crippen molar-refractivity contribution in [3.05, 3.63) is 0 Å². The third-order valence-electron chi connectivity index (χ3n) is 3.57. The van der Waals surface area contributed by atoms with Crippen LogP contribution < -0.4 is 5.73 Å². The Bertz CT molecular complexity index is 368.